The first-order valence-electron chi connectivity index (χ1n) is 13.8. The minimum Gasteiger partial charge on any atom is -0.309 e. The predicted molar refractivity (Wildman–Crippen MR) is 170 cm³/mol. The Morgan fingerprint density at radius 1 is 0.405 bits per heavy atom. The molecule has 6 aromatic carbocycles. The zero-order valence-electron chi connectivity index (χ0n) is 22.5. The van der Waals surface area contributed by atoms with E-state index in [1.54, 1.807) is 18.2 Å². The number of hydrogen-bond donors (Lipinski definition) is 0. The Labute approximate surface area is 242 Å². The summed E-state index contributed by atoms with van der Waals surface area (Å²) in [5.41, 5.74) is 9.06. The maximum atomic E-state index is 9.87. The van der Waals surface area contributed by atoms with Crippen molar-refractivity contribution in [2.75, 3.05) is 0 Å². The third-order valence-corrected chi connectivity index (χ3v) is 8.20. The van der Waals surface area contributed by atoms with Gasteiger partial charge in [0.15, 0.2) is 0 Å². The summed E-state index contributed by atoms with van der Waals surface area (Å²) >= 11 is 0. The number of hydrogen-bond acceptors (Lipinski definition) is 2. The Bertz CT molecular complexity index is 2400. The van der Waals surface area contributed by atoms with Gasteiger partial charge in [-0.3, -0.25) is 0 Å². The monoisotopic (exact) mass is 534 g/mol. The SMILES string of the molecule is N#Cc1cccc(C#N)c1-c1ccc2c3ccccc3n(-c3ccc4c5ccccc5n(-c5ccccc5)c4c3)c2c1. The first kappa shape index (κ1) is 23.8. The third kappa shape index (κ3) is 3.40. The van der Waals surface area contributed by atoms with Crippen molar-refractivity contribution in [1.29, 1.82) is 10.5 Å². The van der Waals surface area contributed by atoms with Gasteiger partial charge in [-0.15, -0.1) is 0 Å². The number of rotatable bonds is 3. The van der Waals surface area contributed by atoms with E-state index in [2.05, 4.69) is 124 Å². The molecule has 0 N–H and O–H groups in total. The summed E-state index contributed by atoms with van der Waals surface area (Å²) in [7, 11) is 0. The van der Waals surface area contributed by atoms with Crippen LogP contribution in [-0.2, 0) is 0 Å². The zero-order valence-corrected chi connectivity index (χ0v) is 22.5. The number of nitriles is 2. The van der Waals surface area contributed by atoms with Crippen LogP contribution in [0.5, 0.6) is 0 Å². The average Bonchev–Trinajstić information content (AvgIpc) is 3.56. The van der Waals surface area contributed by atoms with E-state index < -0.39 is 0 Å². The van der Waals surface area contributed by atoms with E-state index in [-0.39, 0.29) is 0 Å². The highest BCUT2D eigenvalue weighted by Gasteiger charge is 2.18. The largest absolute Gasteiger partial charge is 0.309 e. The van der Waals surface area contributed by atoms with Crippen molar-refractivity contribution in [3.8, 4) is 34.6 Å². The summed E-state index contributed by atoms with van der Waals surface area (Å²) in [6.45, 7) is 0. The van der Waals surface area contributed by atoms with Crippen molar-refractivity contribution in [3.05, 3.63) is 145 Å². The first-order valence-corrected chi connectivity index (χ1v) is 13.8. The maximum absolute atomic E-state index is 9.87. The smallest absolute Gasteiger partial charge is 0.0998 e. The van der Waals surface area contributed by atoms with Crippen molar-refractivity contribution in [3.63, 3.8) is 0 Å². The molecule has 0 fully saturated rings. The molecule has 0 aliphatic rings. The van der Waals surface area contributed by atoms with Crippen LogP contribution in [0.1, 0.15) is 11.1 Å². The fourth-order valence-corrected chi connectivity index (χ4v) is 6.41. The second-order valence-electron chi connectivity index (χ2n) is 10.4. The van der Waals surface area contributed by atoms with Crippen LogP contribution < -0.4 is 0 Å². The average molecular weight is 535 g/mol. The van der Waals surface area contributed by atoms with E-state index in [1.807, 2.05) is 12.1 Å². The molecule has 42 heavy (non-hydrogen) atoms. The maximum Gasteiger partial charge on any atom is 0.0998 e. The minimum atomic E-state index is 0.491. The van der Waals surface area contributed by atoms with Crippen molar-refractivity contribution in [2.24, 2.45) is 0 Å². The van der Waals surface area contributed by atoms with Crippen LogP contribution in [-0.4, -0.2) is 9.13 Å². The topological polar surface area (TPSA) is 57.4 Å². The number of fused-ring (bicyclic) bond motifs is 6. The highest BCUT2D eigenvalue weighted by atomic mass is 15.0. The van der Waals surface area contributed by atoms with Gasteiger partial charge in [0, 0.05) is 38.5 Å². The molecule has 0 amide bonds. The van der Waals surface area contributed by atoms with Gasteiger partial charge in [-0.1, -0.05) is 78.9 Å². The molecule has 4 heteroatoms. The normalized spacial score (nSPS) is 11.3. The third-order valence-electron chi connectivity index (χ3n) is 8.20. The van der Waals surface area contributed by atoms with Gasteiger partial charge in [0.25, 0.3) is 0 Å². The lowest BCUT2D eigenvalue weighted by atomic mass is 9.94. The Hall–Kier alpha value is -6.10. The Morgan fingerprint density at radius 2 is 0.929 bits per heavy atom. The molecule has 0 atom stereocenters. The molecule has 194 valence electrons. The summed E-state index contributed by atoms with van der Waals surface area (Å²) in [6, 6.07) is 50.2. The van der Waals surface area contributed by atoms with Crippen LogP contribution in [0, 0.1) is 22.7 Å². The second-order valence-corrected chi connectivity index (χ2v) is 10.4. The van der Waals surface area contributed by atoms with Crippen LogP contribution >= 0.6 is 0 Å². The van der Waals surface area contributed by atoms with Crippen molar-refractivity contribution < 1.29 is 0 Å². The van der Waals surface area contributed by atoms with E-state index in [0.29, 0.717) is 16.7 Å². The van der Waals surface area contributed by atoms with Crippen LogP contribution in [0.3, 0.4) is 0 Å². The van der Waals surface area contributed by atoms with Gasteiger partial charge in [-0.25, -0.2) is 0 Å². The molecule has 8 rings (SSSR count). The Balaban J connectivity index is 1.46. The molecular formula is C38H22N4. The van der Waals surface area contributed by atoms with Gasteiger partial charge in [-0.2, -0.15) is 10.5 Å². The van der Waals surface area contributed by atoms with Gasteiger partial charge < -0.3 is 9.13 Å². The second kappa shape index (κ2) is 9.24. The molecule has 0 bridgehead atoms. The fraction of sp³-hybridized carbons (Fsp3) is 0. The first-order chi connectivity index (χ1) is 20.8. The molecule has 0 aliphatic carbocycles. The highest BCUT2D eigenvalue weighted by Crippen LogP contribution is 2.38. The molecule has 0 radical (unpaired) electrons. The van der Waals surface area contributed by atoms with Gasteiger partial charge in [0.05, 0.1) is 45.3 Å². The highest BCUT2D eigenvalue weighted by molar-refractivity contribution is 6.12. The zero-order chi connectivity index (χ0) is 28.2. The minimum absolute atomic E-state index is 0.491. The van der Waals surface area contributed by atoms with Crippen LogP contribution in [0.2, 0.25) is 0 Å². The molecule has 0 saturated carbocycles. The quantitative estimate of drug-likeness (QED) is 0.227. The number of nitrogens with zero attached hydrogens (tertiary/aromatic N) is 4. The summed E-state index contributed by atoms with van der Waals surface area (Å²) in [6.07, 6.45) is 0. The van der Waals surface area contributed by atoms with E-state index in [1.165, 1.54) is 10.8 Å². The molecule has 0 unspecified atom stereocenters. The molecule has 2 aromatic heterocycles. The van der Waals surface area contributed by atoms with Crippen LogP contribution in [0.25, 0.3) is 66.1 Å². The standard InChI is InChI=1S/C38H22N4/c39-23-26-9-8-10-27(24-40)38(26)25-17-19-32-30-13-5-7-16-35(30)42(36(32)21-25)29-18-20-33-31-14-4-6-15-34(31)41(37(33)22-29)28-11-2-1-3-12-28/h1-22H. The lowest BCUT2D eigenvalue weighted by molar-refractivity contribution is 1.15. The van der Waals surface area contributed by atoms with E-state index in [0.717, 1.165) is 49.8 Å². The number of benzene rings is 6. The Kier molecular flexibility index (Phi) is 5.22. The van der Waals surface area contributed by atoms with Gasteiger partial charge in [0.2, 0.25) is 0 Å². The van der Waals surface area contributed by atoms with E-state index >= 15 is 0 Å². The molecule has 0 saturated heterocycles. The number of para-hydroxylation sites is 3. The summed E-state index contributed by atoms with van der Waals surface area (Å²) in [4.78, 5) is 0. The molecule has 2 heterocycles. The van der Waals surface area contributed by atoms with Gasteiger partial charge in [-0.05, 0) is 60.2 Å². The van der Waals surface area contributed by atoms with Crippen LogP contribution in [0.4, 0.5) is 0 Å². The molecule has 0 spiro atoms. The van der Waals surface area contributed by atoms with Crippen molar-refractivity contribution in [1.82, 2.24) is 9.13 Å². The lowest BCUT2D eigenvalue weighted by Crippen LogP contribution is -1.97. The van der Waals surface area contributed by atoms with Gasteiger partial charge in [0.1, 0.15) is 0 Å². The summed E-state index contributed by atoms with van der Waals surface area (Å²) < 4.78 is 4.62. The van der Waals surface area contributed by atoms with Crippen molar-refractivity contribution in [2.45, 2.75) is 0 Å². The van der Waals surface area contributed by atoms with E-state index in [9.17, 15) is 10.5 Å². The Morgan fingerprint density at radius 3 is 1.57 bits per heavy atom. The van der Waals surface area contributed by atoms with Crippen LogP contribution in [0.15, 0.2) is 133 Å². The van der Waals surface area contributed by atoms with Crippen molar-refractivity contribution >= 4 is 43.6 Å². The fourth-order valence-electron chi connectivity index (χ4n) is 6.41. The predicted octanol–water partition coefficient (Wildman–Crippen LogP) is 9.29. The molecule has 4 nitrogen and oxygen atoms in total. The summed E-state index contributed by atoms with van der Waals surface area (Å²) in [5.74, 6) is 0. The van der Waals surface area contributed by atoms with E-state index in [4.69, 9.17) is 0 Å². The lowest BCUT2D eigenvalue weighted by Gasteiger charge is -2.12. The molecule has 0 aliphatic heterocycles. The number of aromatic nitrogens is 2. The molecular weight excluding hydrogens is 512 g/mol. The molecule has 8 aromatic rings. The summed E-state index contributed by atoms with van der Waals surface area (Å²) in [5, 5.41) is 24.4. The van der Waals surface area contributed by atoms with Gasteiger partial charge >= 0.3 is 0 Å².